The van der Waals surface area contributed by atoms with Gasteiger partial charge in [0.25, 0.3) is 0 Å². The fraction of sp³-hybridized carbons (Fsp3) is 0.562. The molecule has 1 radical (unpaired) electrons. The van der Waals surface area contributed by atoms with Crippen molar-refractivity contribution in [1.82, 2.24) is 0 Å². The van der Waals surface area contributed by atoms with Crippen LogP contribution >= 0.6 is 0 Å². The first-order chi connectivity index (χ1) is 7.04. The smallest absolute Gasteiger partial charge is 0 e. The van der Waals surface area contributed by atoms with Crippen molar-refractivity contribution in [2.24, 2.45) is 0 Å². The zero-order valence-corrected chi connectivity index (χ0v) is 16.4. The summed E-state index contributed by atoms with van der Waals surface area (Å²) in [5, 5.41) is 0. The minimum absolute atomic E-state index is 0. The number of rotatable bonds is 0. The molecule has 0 aliphatic heterocycles. The second-order valence-corrected chi connectivity index (χ2v) is 3.25. The van der Waals surface area contributed by atoms with Gasteiger partial charge in [0.2, 0.25) is 0 Å². The summed E-state index contributed by atoms with van der Waals surface area (Å²) in [6.07, 6.45) is 0. The molecule has 1 aromatic rings. The predicted octanol–water partition coefficient (Wildman–Crippen LogP) is 5.53. The molecule has 0 bridgehead atoms. The van der Waals surface area contributed by atoms with Crippen molar-refractivity contribution in [1.29, 1.82) is 0 Å². The Morgan fingerprint density at radius 2 is 0.824 bits per heavy atom. The third kappa shape index (κ3) is 8.11. The monoisotopic (exact) mass is 311 g/mol. The van der Waals surface area contributed by atoms with Gasteiger partial charge in [-0.2, -0.15) is 33.9 Å². The van der Waals surface area contributed by atoms with Crippen molar-refractivity contribution >= 4 is 0 Å². The van der Waals surface area contributed by atoms with E-state index in [-0.39, 0.29) is 40.1 Å². The molecule has 0 saturated carbocycles. The van der Waals surface area contributed by atoms with Crippen molar-refractivity contribution in [3.8, 4) is 0 Å². The SMILES string of the molecule is CC.CC.Cc1[c-]c(C)c(C)c(C)c1C.[CH3-].[Y]. The molecule has 0 aliphatic rings. The quantitative estimate of drug-likeness (QED) is 0.553. The van der Waals surface area contributed by atoms with E-state index in [0.717, 1.165) is 0 Å². The Hall–Kier alpha value is 0.324. The van der Waals surface area contributed by atoms with Gasteiger partial charge < -0.3 is 7.43 Å². The fourth-order valence-corrected chi connectivity index (χ4v) is 1.31. The normalized spacial score (nSPS) is 7.35. The van der Waals surface area contributed by atoms with E-state index >= 15 is 0 Å². The van der Waals surface area contributed by atoms with Gasteiger partial charge in [0.15, 0.2) is 0 Å². The molecule has 0 aliphatic carbocycles. The average Bonchev–Trinajstić information content (AvgIpc) is 2.29. The van der Waals surface area contributed by atoms with Crippen molar-refractivity contribution < 1.29 is 32.7 Å². The van der Waals surface area contributed by atoms with Crippen LogP contribution in [0.15, 0.2) is 0 Å². The van der Waals surface area contributed by atoms with Gasteiger partial charge in [0.05, 0.1) is 0 Å². The first-order valence-corrected chi connectivity index (χ1v) is 6.00. The van der Waals surface area contributed by atoms with Gasteiger partial charge in [-0.15, -0.1) is 0 Å². The molecule has 0 amide bonds. The van der Waals surface area contributed by atoms with Crippen LogP contribution in [0, 0.1) is 48.1 Å². The number of hydrogen-bond donors (Lipinski definition) is 0. The summed E-state index contributed by atoms with van der Waals surface area (Å²) < 4.78 is 0. The van der Waals surface area contributed by atoms with Crippen molar-refractivity contribution in [3.63, 3.8) is 0 Å². The second-order valence-electron chi connectivity index (χ2n) is 3.25. The maximum atomic E-state index is 3.35. The van der Waals surface area contributed by atoms with E-state index < -0.39 is 0 Å². The zero-order valence-electron chi connectivity index (χ0n) is 13.6. The summed E-state index contributed by atoms with van der Waals surface area (Å²) >= 11 is 0. The average molecular weight is 311 g/mol. The van der Waals surface area contributed by atoms with Gasteiger partial charge in [-0.05, 0) is 0 Å². The van der Waals surface area contributed by atoms with Gasteiger partial charge in [-0.1, -0.05) is 62.3 Å². The minimum Gasteiger partial charge on any atom is -0.358 e. The Bertz CT molecular complexity index is 262. The Labute approximate surface area is 135 Å². The molecule has 0 heterocycles. The summed E-state index contributed by atoms with van der Waals surface area (Å²) in [4.78, 5) is 0. The Kier molecular flexibility index (Phi) is 22.0. The predicted molar refractivity (Wildman–Crippen MR) is 78.1 cm³/mol. The largest absolute Gasteiger partial charge is 0.358 e. The molecule has 99 valence electrons. The van der Waals surface area contributed by atoms with Crippen LogP contribution in [0.25, 0.3) is 0 Å². The number of aryl methyl sites for hydroxylation is 2. The van der Waals surface area contributed by atoms with Crippen LogP contribution in [-0.2, 0) is 32.7 Å². The van der Waals surface area contributed by atoms with E-state index in [1.165, 1.54) is 27.8 Å². The zero-order chi connectivity index (χ0) is 12.6. The van der Waals surface area contributed by atoms with Crippen LogP contribution in [0.3, 0.4) is 0 Å². The Morgan fingerprint density at radius 1 is 0.588 bits per heavy atom. The number of hydrogen-bond acceptors (Lipinski definition) is 0. The number of benzene rings is 1. The molecule has 1 aromatic carbocycles. The Morgan fingerprint density at radius 3 is 1.06 bits per heavy atom. The molecule has 0 atom stereocenters. The molecule has 0 saturated heterocycles. The topological polar surface area (TPSA) is 0 Å². The first kappa shape index (κ1) is 26.0. The van der Waals surface area contributed by atoms with Gasteiger partial charge in [-0.3, -0.25) is 0 Å². The third-order valence-corrected chi connectivity index (χ3v) is 2.62. The minimum atomic E-state index is 0. The van der Waals surface area contributed by atoms with Gasteiger partial charge in [0.1, 0.15) is 0 Å². The summed E-state index contributed by atoms with van der Waals surface area (Å²) in [5.74, 6) is 0. The van der Waals surface area contributed by atoms with Crippen LogP contribution in [0.2, 0.25) is 0 Å². The molecule has 0 unspecified atom stereocenters. The summed E-state index contributed by atoms with van der Waals surface area (Å²) in [6.45, 7) is 18.7. The van der Waals surface area contributed by atoms with Crippen molar-refractivity contribution in [3.05, 3.63) is 41.3 Å². The maximum absolute atomic E-state index is 3.35. The Balaban J connectivity index is -0.000000128. The van der Waals surface area contributed by atoms with E-state index in [1.807, 2.05) is 27.7 Å². The first-order valence-electron chi connectivity index (χ1n) is 6.00. The summed E-state index contributed by atoms with van der Waals surface area (Å²) in [6, 6.07) is 3.35. The van der Waals surface area contributed by atoms with Crippen LogP contribution < -0.4 is 0 Å². The summed E-state index contributed by atoms with van der Waals surface area (Å²) in [5.41, 5.74) is 6.75. The molecule has 0 fully saturated rings. The molecule has 17 heavy (non-hydrogen) atoms. The van der Waals surface area contributed by atoms with Gasteiger partial charge in [-0.25, -0.2) is 0 Å². The molecule has 0 aromatic heterocycles. The fourth-order valence-electron chi connectivity index (χ4n) is 1.31. The van der Waals surface area contributed by atoms with E-state index in [1.54, 1.807) is 0 Å². The van der Waals surface area contributed by atoms with Crippen LogP contribution in [-0.4, -0.2) is 0 Å². The van der Waals surface area contributed by atoms with E-state index in [9.17, 15) is 0 Å². The van der Waals surface area contributed by atoms with Crippen LogP contribution in [0.1, 0.15) is 55.5 Å². The molecule has 1 heteroatoms. The van der Waals surface area contributed by atoms with Crippen molar-refractivity contribution in [2.75, 3.05) is 0 Å². The molecule has 0 N–H and O–H groups in total. The standard InChI is InChI=1S/C11H15.2C2H6.CH3.Y/c1-7-6-8(2)10(4)11(5)9(7)3;2*1-2;;/h1-5H3;2*1-2H3;1H3;/q-1;;;-1;. The van der Waals surface area contributed by atoms with Gasteiger partial charge in [0, 0.05) is 32.7 Å². The molecule has 1 rings (SSSR count). The van der Waals surface area contributed by atoms with E-state index in [4.69, 9.17) is 0 Å². The van der Waals surface area contributed by atoms with Crippen LogP contribution in [0.4, 0.5) is 0 Å². The summed E-state index contributed by atoms with van der Waals surface area (Å²) in [7, 11) is 0. The third-order valence-electron chi connectivity index (χ3n) is 2.62. The van der Waals surface area contributed by atoms with E-state index in [0.29, 0.717) is 0 Å². The van der Waals surface area contributed by atoms with E-state index in [2.05, 4.69) is 40.7 Å². The molecular formula is C16H30Y-2. The van der Waals surface area contributed by atoms with Crippen LogP contribution in [0.5, 0.6) is 0 Å². The maximum Gasteiger partial charge on any atom is 0 e. The second kappa shape index (κ2) is 14.4. The molecule has 0 spiro atoms. The van der Waals surface area contributed by atoms with Crippen molar-refractivity contribution in [2.45, 2.75) is 62.3 Å². The molecule has 0 nitrogen and oxygen atoms in total. The molecular weight excluding hydrogens is 281 g/mol. The van der Waals surface area contributed by atoms with Gasteiger partial charge >= 0.3 is 0 Å².